The van der Waals surface area contributed by atoms with E-state index in [0.717, 1.165) is 0 Å². The molecule has 0 aromatic heterocycles. The molecule has 36 valence electrons. The highest BCUT2D eigenvalue weighted by molar-refractivity contribution is 7.97. The molecule has 0 saturated heterocycles. The van der Waals surface area contributed by atoms with Crippen molar-refractivity contribution in [1.29, 1.82) is 0 Å². The van der Waals surface area contributed by atoms with Crippen LogP contribution in [-0.2, 0) is 0 Å². The van der Waals surface area contributed by atoms with Gasteiger partial charge in [0, 0.05) is 0 Å². The molecule has 1 atom stereocenters. The lowest BCUT2D eigenvalue weighted by atomic mass is 10.7. The SMILES string of the molecule is PB[Si](Cl)(Cl)Cl. The Hall–Kier alpha value is 1.58. The summed E-state index contributed by atoms with van der Waals surface area (Å²) in [5, 5.41) is 0. The minimum atomic E-state index is -2.25. The Bertz CT molecular complexity index is 40.5. The lowest BCUT2D eigenvalue weighted by Gasteiger charge is -1.96. The number of hydrogen-bond donors (Lipinski definition) is 0. The molecule has 0 spiro atoms. The molecule has 0 aromatic carbocycles. The van der Waals surface area contributed by atoms with Gasteiger partial charge in [-0.3, -0.25) is 0 Å². The van der Waals surface area contributed by atoms with E-state index in [-0.39, 0.29) is 0 Å². The van der Waals surface area contributed by atoms with Crippen molar-refractivity contribution in [3.63, 3.8) is 0 Å². The van der Waals surface area contributed by atoms with Crippen LogP contribution in [0.3, 0.4) is 0 Å². The molecule has 0 rings (SSSR count). The second-order valence-electron chi connectivity index (χ2n) is 0.819. The quantitative estimate of drug-likeness (QED) is 0.324. The summed E-state index contributed by atoms with van der Waals surface area (Å²) in [6.07, 6.45) is 0. The molecule has 0 amide bonds. The zero-order valence-electron chi connectivity index (χ0n) is 2.92. The molecule has 0 fully saturated rings. The van der Waals surface area contributed by atoms with Crippen LogP contribution in [0, 0.1) is 0 Å². The van der Waals surface area contributed by atoms with Crippen molar-refractivity contribution < 1.29 is 0 Å². The van der Waals surface area contributed by atoms with Gasteiger partial charge in [0.25, 0.3) is 0 Å². The van der Waals surface area contributed by atoms with E-state index in [1.165, 1.54) is 0 Å². The predicted octanol–water partition coefficient (Wildman–Crippen LogP) is 1.36. The molecule has 0 aliphatic carbocycles. The molecule has 0 saturated carbocycles. The molecule has 0 heterocycles. The van der Waals surface area contributed by atoms with Gasteiger partial charge in [-0.15, -0.1) is 33.2 Å². The van der Waals surface area contributed by atoms with Crippen LogP contribution in [0.5, 0.6) is 0 Å². The van der Waals surface area contributed by atoms with Gasteiger partial charge in [0.1, 0.15) is 0 Å². The average Bonchev–Trinajstić information content (AvgIpc) is 1.35. The first-order valence-electron chi connectivity index (χ1n) is 1.33. The monoisotopic (exact) mass is 178 g/mol. The summed E-state index contributed by atoms with van der Waals surface area (Å²) >= 11 is 16.1. The van der Waals surface area contributed by atoms with Crippen molar-refractivity contribution in [2.45, 2.75) is 0 Å². The highest BCUT2D eigenvalue weighted by Crippen LogP contribution is 2.19. The first-order chi connectivity index (χ1) is 2.56. The molecular formula is H3BCl3PSi. The first kappa shape index (κ1) is 7.58. The van der Waals surface area contributed by atoms with E-state index in [0.29, 0.717) is 6.59 Å². The average molecular weight is 179 g/mol. The van der Waals surface area contributed by atoms with Crippen molar-refractivity contribution >= 4 is 54.8 Å². The van der Waals surface area contributed by atoms with Gasteiger partial charge in [0.15, 0.2) is 6.59 Å². The third-order valence-corrected chi connectivity index (χ3v) is 6.25. The summed E-state index contributed by atoms with van der Waals surface area (Å²) in [6, 6.07) is 0. The van der Waals surface area contributed by atoms with Gasteiger partial charge in [-0.2, -0.15) is 9.12 Å². The molecule has 0 bridgehead atoms. The fraction of sp³-hybridized carbons (Fsp3) is 0. The second kappa shape index (κ2) is 2.78. The van der Waals surface area contributed by atoms with Crippen LogP contribution in [0.25, 0.3) is 0 Å². The lowest BCUT2D eigenvalue weighted by Crippen LogP contribution is -2.14. The van der Waals surface area contributed by atoms with E-state index in [1.54, 1.807) is 0 Å². The van der Waals surface area contributed by atoms with Crippen LogP contribution in [-0.4, -0.2) is 12.5 Å². The Balaban J connectivity index is 3.17. The molecule has 1 unspecified atom stereocenters. The number of hydrogen-bond acceptors (Lipinski definition) is 0. The van der Waals surface area contributed by atoms with Crippen molar-refractivity contribution in [2.75, 3.05) is 0 Å². The maximum absolute atomic E-state index is 5.37. The molecule has 0 nitrogen and oxygen atoms in total. The van der Waals surface area contributed by atoms with Crippen LogP contribution in [0.15, 0.2) is 0 Å². The van der Waals surface area contributed by atoms with Crippen LogP contribution >= 0.6 is 42.4 Å². The van der Waals surface area contributed by atoms with Gasteiger partial charge in [-0.1, -0.05) is 0 Å². The zero-order chi connectivity index (χ0) is 5.21. The normalized spacial score (nSPS) is 11.3. The predicted molar refractivity (Wildman–Crippen MR) is 40.2 cm³/mol. The fourth-order valence-corrected chi connectivity index (χ4v) is 0. The molecule has 0 aromatic rings. The van der Waals surface area contributed by atoms with Gasteiger partial charge >= 0.3 is 5.87 Å². The largest absolute Gasteiger partial charge is 0.305 e. The van der Waals surface area contributed by atoms with Gasteiger partial charge in [-0.05, 0) is 0 Å². The third-order valence-electron chi connectivity index (χ3n) is 0.231. The summed E-state index contributed by atoms with van der Waals surface area (Å²) in [5.41, 5.74) is 0. The van der Waals surface area contributed by atoms with Crippen LogP contribution < -0.4 is 0 Å². The maximum atomic E-state index is 5.37. The summed E-state index contributed by atoms with van der Waals surface area (Å²) in [4.78, 5) is 0. The Morgan fingerprint density at radius 1 is 1.33 bits per heavy atom. The molecule has 0 aliphatic rings. The summed E-state index contributed by atoms with van der Waals surface area (Å²) in [6.45, 7) is 0.623. The van der Waals surface area contributed by atoms with E-state index in [4.69, 9.17) is 33.2 Å². The summed E-state index contributed by atoms with van der Waals surface area (Å²) < 4.78 is 0. The van der Waals surface area contributed by atoms with Gasteiger partial charge in [-0.25, -0.2) is 0 Å². The Morgan fingerprint density at radius 2 is 1.50 bits per heavy atom. The van der Waals surface area contributed by atoms with Gasteiger partial charge in [0.2, 0.25) is 0 Å². The Labute approximate surface area is 55.0 Å². The molecule has 0 radical (unpaired) electrons. The minimum Gasteiger partial charge on any atom is -0.173 e. The van der Waals surface area contributed by atoms with E-state index in [9.17, 15) is 0 Å². The zero-order valence-corrected chi connectivity index (χ0v) is 7.34. The third kappa shape index (κ3) is 5.58. The number of rotatable bonds is 1. The molecule has 6 heavy (non-hydrogen) atoms. The van der Waals surface area contributed by atoms with Crippen LogP contribution in [0.4, 0.5) is 0 Å². The Morgan fingerprint density at radius 3 is 1.50 bits per heavy atom. The second-order valence-corrected chi connectivity index (χ2v) is 11.2. The van der Waals surface area contributed by atoms with Crippen LogP contribution in [0.2, 0.25) is 0 Å². The summed E-state index contributed by atoms with van der Waals surface area (Å²) in [7, 11) is 2.39. The smallest absolute Gasteiger partial charge is 0.173 e. The van der Waals surface area contributed by atoms with Crippen molar-refractivity contribution in [3.05, 3.63) is 0 Å². The molecule has 0 aliphatic heterocycles. The topological polar surface area (TPSA) is 0 Å². The minimum absolute atomic E-state index is 0.623. The lowest BCUT2D eigenvalue weighted by molar-refractivity contribution is 3.74. The molecule has 0 N–H and O–H groups in total. The standard InChI is InChI=1S/BCl3H3PSi/c2-6(3,4)1-5/h1H,5H2. The van der Waals surface area contributed by atoms with E-state index < -0.39 is 5.87 Å². The maximum Gasteiger partial charge on any atom is 0.305 e. The van der Waals surface area contributed by atoms with Crippen molar-refractivity contribution in [3.8, 4) is 0 Å². The summed E-state index contributed by atoms with van der Waals surface area (Å²) in [5.74, 6) is -2.25. The van der Waals surface area contributed by atoms with Crippen LogP contribution in [0.1, 0.15) is 0 Å². The van der Waals surface area contributed by atoms with E-state index >= 15 is 0 Å². The first-order valence-corrected chi connectivity index (χ1v) is 7.39. The molecular weight excluding hydrogens is 176 g/mol. The Kier molecular flexibility index (Phi) is 3.52. The highest BCUT2D eigenvalue weighted by atomic mass is 35.8. The fourth-order valence-electron chi connectivity index (χ4n) is 0. The van der Waals surface area contributed by atoms with E-state index in [2.05, 4.69) is 9.12 Å². The van der Waals surface area contributed by atoms with Gasteiger partial charge < -0.3 is 0 Å². The van der Waals surface area contributed by atoms with E-state index in [1.807, 2.05) is 0 Å². The number of halogens is 3. The van der Waals surface area contributed by atoms with Gasteiger partial charge in [0.05, 0.1) is 0 Å². The van der Waals surface area contributed by atoms with Crippen molar-refractivity contribution in [2.24, 2.45) is 0 Å². The van der Waals surface area contributed by atoms with Crippen molar-refractivity contribution in [1.82, 2.24) is 0 Å². The highest BCUT2D eigenvalue weighted by Gasteiger charge is 2.21. The molecule has 6 heteroatoms.